The first-order valence-corrected chi connectivity index (χ1v) is 11.8. The van der Waals surface area contributed by atoms with Crippen LogP contribution in [0.15, 0.2) is 42.6 Å². The Morgan fingerprint density at radius 3 is 2.65 bits per heavy atom. The van der Waals surface area contributed by atoms with Crippen LogP contribution in [0.5, 0.6) is 0 Å². The van der Waals surface area contributed by atoms with E-state index in [1.807, 2.05) is 31.2 Å². The van der Waals surface area contributed by atoms with Gasteiger partial charge in [-0.3, -0.25) is 19.3 Å². The number of amides is 3. The fraction of sp³-hybridized carbons (Fsp3) is 0.417. The highest BCUT2D eigenvalue weighted by Gasteiger charge is 2.35. The first-order chi connectivity index (χ1) is 16.4. The normalized spacial score (nSPS) is 19.0. The van der Waals surface area contributed by atoms with Crippen molar-refractivity contribution in [1.82, 2.24) is 20.1 Å². The Kier molecular flexibility index (Phi) is 7.64. The Morgan fingerprint density at radius 1 is 1.15 bits per heavy atom. The quantitative estimate of drug-likeness (QED) is 0.645. The molecule has 4 rings (SSSR count). The van der Waals surface area contributed by atoms with Crippen LogP contribution in [-0.2, 0) is 14.4 Å². The van der Waals surface area contributed by atoms with E-state index in [1.54, 1.807) is 18.3 Å². The zero-order chi connectivity index (χ0) is 24.1. The van der Waals surface area contributed by atoms with E-state index in [0.717, 1.165) is 37.6 Å². The molecule has 0 aliphatic carbocycles. The number of pyridine rings is 1. The fourth-order valence-electron chi connectivity index (χ4n) is 4.23. The summed E-state index contributed by atoms with van der Waals surface area (Å²) in [4.78, 5) is 48.5. The molecular weight excluding hydrogens is 456 g/mol. The molecule has 10 heteroatoms. The van der Waals surface area contributed by atoms with Gasteiger partial charge in [-0.25, -0.2) is 4.98 Å². The summed E-state index contributed by atoms with van der Waals surface area (Å²) in [5, 5.41) is 6.09. The SMILES string of the molecule is Cc1ccc(NC(=O)C[C@H]2C(=O)NCCN2C(=O)CN2CCN(c3ccccn3)CC2)cc1Cl. The maximum absolute atomic E-state index is 13.1. The molecule has 2 aliphatic rings. The predicted octanol–water partition coefficient (Wildman–Crippen LogP) is 1.52. The molecule has 2 aromatic rings. The van der Waals surface area contributed by atoms with E-state index in [9.17, 15) is 14.4 Å². The molecule has 2 aliphatic heterocycles. The summed E-state index contributed by atoms with van der Waals surface area (Å²) in [6, 6.07) is 10.2. The van der Waals surface area contributed by atoms with Gasteiger partial charge in [-0.1, -0.05) is 23.7 Å². The van der Waals surface area contributed by atoms with Gasteiger partial charge in [0, 0.05) is 56.2 Å². The number of hydrogen-bond donors (Lipinski definition) is 2. The third-order valence-electron chi connectivity index (χ3n) is 6.19. The average molecular weight is 485 g/mol. The summed E-state index contributed by atoms with van der Waals surface area (Å²) in [5.74, 6) is 0.139. The van der Waals surface area contributed by atoms with Crippen LogP contribution in [0.2, 0.25) is 5.02 Å². The molecule has 1 aromatic carbocycles. The molecule has 2 fully saturated rings. The van der Waals surface area contributed by atoms with Gasteiger partial charge in [-0.2, -0.15) is 0 Å². The molecular formula is C24H29ClN6O3. The first-order valence-electron chi connectivity index (χ1n) is 11.4. The number of rotatable bonds is 6. The molecule has 0 saturated carbocycles. The molecule has 2 saturated heterocycles. The predicted molar refractivity (Wildman–Crippen MR) is 131 cm³/mol. The van der Waals surface area contributed by atoms with Gasteiger partial charge in [0.05, 0.1) is 13.0 Å². The van der Waals surface area contributed by atoms with Gasteiger partial charge < -0.3 is 20.4 Å². The largest absolute Gasteiger partial charge is 0.354 e. The highest BCUT2D eigenvalue weighted by Crippen LogP contribution is 2.21. The molecule has 34 heavy (non-hydrogen) atoms. The maximum atomic E-state index is 13.1. The molecule has 0 spiro atoms. The van der Waals surface area contributed by atoms with Crippen molar-refractivity contribution < 1.29 is 14.4 Å². The standard InChI is InChI=1S/C24H29ClN6O3/c1-17-5-6-18(14-19(17)25)28-22(32)15-20-24(34)27-8-9-31(20)23(33)16-29-10-12-30(13-11-29)21-4-2-3-7-26-21/h2-7,14,20H,8-13,15-16H2,1H3,(H,27,34)(H,28,32)/t20-/m0/s1. The van der Waals surface area contributed by atoms with E-state index in [4.69, 9.17) is 11.6 Å². The number of carbonyl (C=O) groups excluding carboxylic acids is 3. The molecule has 1 atom stereocenters. The zero-order valence-corrected chi connectivity index (χ0v) is 19.9. The molecule has 9 nitrogen and oxygen atoms in total. The molecule has 180 valence electrons. The van der Waals surface area contributed by atoms with Crippen LogP contribution >= 0.6 is 11.6 Å². The van der Waals surface area contributed by atoms with Gasteiger partial charge in [-0.15, -0.1) is 0 Å². The number of carbonyl (C=O) groups is 3. The van der Waals surface area contributed by atoms with E-state index in [-0.39, 0.29) is 30.7 Å². The minimum Gasteiger partial charge on any atom is -0.354 e. The number of aromatic nitrogens is 1. The van der Waals surface area contributed by atoms with Crippen LogP contribution in [0.4, 0.5) is 11.5 Å². The van der Waals surface area contributed by atoms with Crippen molar-refractivity contribution >= 4 is 40.8 Å². The summed E-state index contributed by atoms with van der Waals surface area (Å²) in [5.41, 5.74) is 1.46. The van der Waals surface area contributed by atoms with Gasteiger partial charge in [0.2, 0.25) is 17.7 Å². The van der Waals surface area contributed by atoms with Crippen LogP contribution in [-0.4, -0.2) is 84.4 Å². The molecule has 3 amide bonds. The van der Waals surface area contributed by atoms with Crippen molar-refractivity contribution in [2.45, 2.75) is 19.4 Å². The zero-order valence-electron chi connectivity index (χ0n) is 19.2. The van der Waals surface area contributed by atoms with Crippen molar-refractivity contribution in [2.24, 2.45) is 0 Å². The van der Waals surface area contributed by atoms with E-state index < -0.39 is 6.04 Å². The number of benzene rings is 1. The Morgan fingerprint density at radius 2 is 1.94 bits per heavy atom. The lowest BCUT2D eigenvalue weighted by atomic mass is 10.1. The molecule has 0 bridgehead atoms. The van der Waals surface area contributed by atoms with Crippen molar-refractivity contribution in [2.75, 3.05) is 56.0 Å². The number of hydrogen-bond acceptors (Lipinski definition) is 6. The highest BCUT2D eigenvalue weighted by molar-refractivity contribution is 6.31. The lowest BCUT2D eigenvalue weighted by molar-refractivity contribution is -0.145. The van der Waals surface area contributed by atoms with Gasteiger partial charge in [0.1, 0.15) is 11.9 Å². The molecule has 0 radical (unpaired) electrons. The smallest absolute Gasteiger partial charge is 0.243 e. The van der Waals surface area contributed by atoms with Gasteiger partial charge in [-0.05, 0) is 36.8 Å². The first kappa shape index (κ1) is 24.0. The highest BCUT2D eigenvalue weighted by atomic mass is 35.5. The van der Waals surface area contributed by atoms with Crippen LogP contribution in [0.25, 0.3) is 0 Å². The third kappa shape index (κ3) is 5.84. The van der Waals surface area contributed by atoms with Crippen molar-refractivity contribution in [3.8, 4) is 0 Å². The number of nitrogens with zero attached hydrogens (tertiary/aromatic N) is 4. The number of aryl methyl sites for hydroxylation is 1. The number of nitrogens with one attached hydrogen (secondary N) is 2. The van der Waals surface area contributed by atoms with Crippen molar-refractivity contribution in [3.05, 3.63) is 53.2 Å². The summed E-state index contributed by atoms with van der Waals surface area (Å²) in [6.45, 7) is 5.85. The number of piperazine rings is 2. The topological polar surface area (TPSA) is 97.9 Å². The van der Waals surface area contributed by atoms with Crippen LogP contribution < -0.4 is 15.5 Å². The fourth-order valence-corrected chi connectivity index (χ4v) is 4.41. The molecule has 0 unspecified atom stereocenters. The Balaban J connectivity index is 1.33. The number of halogens is 1. The van der Waals surface area contributed by atoms with E-state index in [0.29, 0.717) is 23.8 Å². The lowest BCUT2D eigenvalue weighted by Crippen LogP contribution is -2.60. The van der Waals surface area contributed by atoms with E-state index in [1.165, 1.54) is 4.90 Å². The minimum atomic E-state index is -0.836. The monoisotopic (exact) mass is 484 g/mol. The van der Waals surface area contributed by atoms with Gasteiger partial charge in [0.15, 0.2) is 0 Å². The van der Waals surface area contributed by atoms with Crippen LogP contribution in [0.3, 0.4) is 0 Å². The Labute approximate surface area is 204 Å². The van der Waals surface area contributed by atoms with Crippen molar-refractivity contribution in [3.63, 3.8) is 0 Å². The third-order valence-corrected chi connectivity index (χ3v) is 6.60. The van der Waals surface area contributed by atoms with Crippen LogP contribution in [0.1, 0.15) is 12.0 Å². The van der Waals surface area contributed by atoms with Crippen molar-refractivity contribution in [1.29, 1.82) is 0 Å². The average Bonchev–Trinajstić information content (AvgIpc) is 2.83. The molecule has 1 aromatic heterocycles. The summed E-state index contributed by atoms with van der Waals surface area (Å²) >= 11 is 6.13. The Bertz CT molecular complexity index is 1040. The summed E-state index contributed by atoms with van der Waals surface area (Å²) in [7, 11) is 0. The second kappa shape index (κ2) is 10.8. The summed E-state index contributed by atoms with van der Waals surface area (Å²) < 4.78 is 0. The van der Waals surface area contributed by atoms with Gasteiger partial charge >= 0.3 is 0 Å². The van der Waals surface area contributed by atoms with E-state index in [2.05, 4.69) is 25.4 Å². The number of anilines is 2. The summed E-state index contributed by atoms with van der Waals surface area (Å²) in [6.07, 6.45) is 1.66. The Hall–Kier alpha value is -3.17. The molecule has 3 heterocycles. The molecule has 2 N–H and O–H groups in total. The van der Waals surface area contributed by atoms with Crippen LogP contribution in [0, 0.1) is 6.92 Å². The van der Waals surface area contributed by atoms with Gasteiger partial charge in [0.25, 0.3) is 0 Å². The van der Waals surface area contributed by atoms with E-state index >= 15 is 0 Å². The second-order valence-electron chi connectivity index (χ2n) is 8.56. The second-order valence-corrected chi connectivity index (χ2v) is 8.97. The minimum absolute atomic E-state index is 0.115. The lowest BCUT2D eigenvalue weighted by Gasteiger charge is -2.38. The maximum Gasteiger partial charge on any atom is 0.243 e.